The molecular formula is C30H36N2O3S. The Morgan fingerprint density at radius 2 is 1.56 bits per heavy atom. The van der Waals surface area contributed by atoms with Gasteiger partial charge in [0.05, 0.1) is 11.5 Å². The lowest BCUT2D eigenvalue weighted by Crippen LogP contribution is -2.67. The minimum Gasteiger partial charge on any atom is -0.395 e. The van der Waals surface area contributed by atoms with E-state index in [9.17, 15) is 13.5 Å². The van der Waals surface area contributed by atoms with Gasteiger partial charge in [-0.1, -0.05) is 60.7 Å². The summed E-state index contributed by atoms with van der Waals surface area (Å²) in [5.41, 5.74) is 6.91. The van der Waals surface area contributed by atoms with E-state index in [0.717, 1.165) is 30.5 Å². The van der Waals surface area contributed by atoms with Crippen LogP contribution in [0.1, 0.15) is 41.0 Å². The SMILES string of the molecule is Cc1ccccc1S(=O)(=O)N1CCCCN2[C@H](CO)C(c3ccc(-c4cccc(C)c4C)cc3)[C@@H]2C1. The molecule has 2 fully saturated rings. The Labute approximate surface area is 215 Å². The molecule has 0 amide bonds. The molecule has 190 valence electrons. The topological polar surface area (TPSA) is 60.9 Å². The number of aliphatic hydroxyl groups is 1. The van der Waals surface area contributed by atoms with Crippen molar-refractivity contribution < 1.29 is 13.5 Å². The van der Waals surface area contributed by atoms with Gasteiger partial charge in [-0.05, 0) is 79.6 Å². The molecular weight excluding hydrogens is 468 g/mol. The Hall–Kier alpha value is -2.51. The van der Waals surface area contributed by atoms with E-state index in [4.69, 9.17) is 0 Å². The van der Waals surface area contributed by atoms with Crippen LogP contribution in [-0.2, 0) is 10.0 Å². The smallest absolute Gasteiger partial charge is 0.243 e. The average Bonchev–Trinajstić information content (AvgIpc) is 2.85. The van der Waals surface area contributed by atoms with Gasteiger partial charge in [-0.15, -0.1) is 0 Å². The second kappa shape index (κ2) is 10.1. The maximum atomic E-state index is 13.7. The van der Waals surface area contributed by atoms with Crippen molar-refractivity contribution in [3.8, 4) is 11.1 Å². The van der Waals surface area contributed by atoms with E-state index in [2.05, 4.69) is 61.2 Å². The molecule has 1 N–H and O–H groups in total. The van der Waals surface area contributed by atoms with Crippen molar-refractivity contribution in [2.75, 3.05) is 26.2 Å². The number of hydrogen-bond donors (Lipinski definition) is 1. The third-order valence-electron chi connectivity index (χ3n) is 8.26. The second-order valence-corrected chi connectivity index (χ2v) is 12.2. The monoisotopic (exact) mass is 504 g/mol. The number of hydrogen-bond acceptors (Lipinski definition) is 4. The van der Waals surface area contributed by atoms with Gasteiger partial charge in [-0.3, -0.25) is 4.90 Å². The lowest BCUT2D eigenvalue weighted by atomic mass is 9.74. The predicted octanol–water partition coefficient (Wildman–Crippen LogP) is 4.89. The van der Waals surface area contributed by atoms with Crippen molar-refractivity contribution in [2.45, 2.75) is 56.5 Å². The molecule has 5 nitrogen and oxygen atoms in total. The molecule has 5 rings (SSSR count). The maximum absolute atomic E-state index is 13.7. The fraction of sp³-hybridized carbons (Fsp3) is 0.400. The van der Waals surface area contributed by atoms with Crippen LogP contribution in [0.2, 0.25) is 0 Å². The van der Waals surface area contributed by atoms with E-state index in [1.54, 1.807) is 16.4 Å². The highest BCUT2D eigenvalue weighted by Gasteiger charge is 2.50. The van der Waals surface area contributed by atoms with E-state index < -0.39 is 10.0 Å². The van der Waals surface area contributed by atoms with Gasteiger partial charge in [0.2, 0.25) is 10.0 Å². The van der Waals surface area contributed by atoms with Gasteiger partial charge in [0.25, 0.3) is 0 Å². The van der Waals surface area contributed by atoms with Gasteiger partial charge in [0, 0.05) is 31.1 Å². The first-order valence-electron chi connectivity index (χ1n) is 12.9. The van der Waals surface area contributed by atoms with Crippen molar-refractivity contribution in [1.29, 1.82) is 0 Å². The molecule has 3 aromatic rings. The summed E-state index contributed by atoms with van der Waals surface area (Å²) < 4.78 is 29.0. The van der Waals surface area contributed by atoms with Gasteiger partial charge in [-0.25, -0.2) is 8.42 Å². The third kappa shape index (κ3) is 4.41. The van der Waals surface area contributed by atoms with Crippen molar-refractivity contribution in [3.63, 3.8) is 0 Å². The lowest BCUT2D eigenvalue weighted by molar-refractivity contribution is -0.0553. The van der Waals surface area contributed by atoms with Gasteiger partial charge in [0.1, 0.15) is 0 Å². The van der Waals surface area contributed by atoms with Crippen LogP contribution in [0.25, 0.3) is 11.1 Å². The molecule has 0 spiro atoms. The minimum atomic E-state index is -3.59. The number of aryl methyl sites for hydroxylation is 2. The summed E-state index contributed by atoms with van der Waals surface area (Å²) in [5.74, 6) is 0.0929. The van der Waals surface area contributed by atoms with Gasteiger partial charge >= 0.3 is 0 Å². The number of nitrogens with zero attached hydrogens (tertiary/aromatic N) is 2. The zero-order valence-electron chi connectivity index (χ0n) is 21.4. The Morgan fingerprint density at radius 3 is 2.28 bits per heavy atom. The van der Waals surface area contributed by atoms with E-state index >= 15 is 0 Å². The lowest BCUT2D eigenvalue weighted by Gasteiger charge is -2.57. The summed E-state index contributed by atoms with van der Waals surface area (Å²) in [4.78, 5) is 2.72. The minimum absolute atomic E-state index is 0.0164. The quantitative estimate of drug-likeness (QED) is 0.537. The van der Waals surface area contributed by atoms with E-state index in [-0.39, 0.29) is 24.6 Å². The van der Waals surface area contributed by atoms with Crippen LogP contribution in [0.4, 0.5) is 0 Å². The number of sulfonamides is 1. The van der Waals surface area contributed by atoms with Crippen molar-refractivity contribution in [2.24, 2.45) is 0 Å². The predicted molar refractivity (Wildman–Crippen MR) is 145 cm³/mol. The van der Waals surface area contributed by atoms with Gasteiger partial charge in [-0.2, -0.15) is 4.31 Å². The summed E-state index contributed by atoms with van der Waals surface area (Å²) >= 11 is 0. The first-order valence-corrected chi connectivity index (χ1v) is 14.4. The molecule has 0 aromatic heterocycles. The maximum Gasteiger partial charge on any atom is 0.243 e. The van der Waals surface area contributed by atoms with E-state index in [0.29, 0.717) is 18.0 Å². The average molecular weight is 505 g/mol. The highest BCUT2D eigenvalue weighted by Crippen LogP contribution is 2.43. The Kier molecular flexibility index (Phi) is 7.05. The molecule has 2 aliphatic rings. The molecule has 0 saturated carbocycles. The molecule has 3 atom stereocenters. The molecule has 2 heterocycles. The van der Waals surface area contributed by atoms with Crippen LogP contribution < -0.4 is 0 Å². The van der Waals surface area contributed by atoms with Crippen molar-refractivity contribution in [3.05, 3.63) is 89.0 Å². The highest BCUT2D eigenvalue weighted by molar-refractivity contribution is 7.89. The fourth-order valence-electron chi connectivity index (χ4n) is 6.06. The summed E-state index contributed by atoms with van der Waals surface area (Å²) in [6.45, 7) is 8.08. The molecule has 0 aliphatic carbocycles. The summed E-state index contributed by atoms with van der Waals surface area (Å²) in [7, 11) is -3.59. The van der Waals surface area contributed by atoms with Gasteiger partial charge in [0.15, 0.2) is 0 Å². The molecule has 2 saturated heterocycles. The molecule has 6 heteroatoms. The van der Waals surface area contributed by atoms with Crippen LogP contribution >= 0.6 is 0 Å². The Morgan fingerprint density at radius 1 is 0.861 bits per heavy atom. The molecule has 36 heavy (non-hydrogen) atoms. The number of rotatable bonds is 5. The standard InChI is InChI=1S/C30H36N2O3S/c1-21-10-8-11-26(23(21)3)24-13-15-25(16-14-24)30-27-19-31(17-6-7-18-32(27)28(30)20-33)36(34,35)29-12-5-4-9-22(29)2/h4-5,8-16,27-28,30,33H,6-7,17-20H2,1-3H3/t27-,28+,30?/m0/s1. The largest absolute Gasteiger partial charge is 0.395 e. The zero-order valence-corrected chi connectivity index (χ0v) is 22.2. The molecule has 2 aliphatic heterocycles. The van der Waals surface area contributed by atoms with Crippen LogP contribution in [0.15, 0.2) is 71.6 Å². The fourth-order valence-corrected chi connectivity index (χ4v) is 7.78. The van der Waals surface area contributed by atoms with Crippen molar-refractivity contribution >= 4 is 10.0 Å². The first kappa shape index (κ1) is 25.2. The third-order valence-corrected chi connectivity index (χ3v) is 10.3. The summed E-state index contributed by atoms with van der Waals surface area (Å²) in [6, 6.07) is 22.3. The number of benzene rings is 3. The van der Waals surface area contributed by atoms with Crippen LogP contribution in [0.3, 0.4) is 0 Å². The molecule has 0 radical (unpaired) electrons. The van der Waals surface area contributed by atoms with Crippen LogP contribution in [0.5, 0.6) is 0 Å². The zero-order chi connectivity index (χ0) is 25.4. The van der Waals surface area contributed by atoms with E-state index in [1.165, 1.54) is 22.3 Å². The first-order chi connectivity index (χ1) is 17.3. The summed E-state index contributed by atoms with van der Waals surface area (Å²) in [5, 5.41) is 10.3. The van der Waals surface area contributed by atoms with Crippen LogP contribution in [0, 0.1) is 20.8 Å². The van der Waals surface area contributed by atoms with E-state index in [1.807, 2.05) is 19.1 Å². The van der Waals surface area contributed by atoms with Gasteiger partial charge < -0.3 is 5.11 Å². The molecule has 3 aromatic carbocycles. The number of aliphatic hydroxyl groups excluding tert-OH is 1. The Balaban J connectivity index is 1.44. The Bertz CT molecular complexity index is 1340. The number of fused-ring (bicyclic) bond motifs is 1. The second-order valence-electron chi connectivity index (χ2n) is 10.3. The highest BCUT2D eigenvalue weighted by atomic mass is 32.2. The molecule has 1 unspecified atom stereocenters. The van der Waals surface area contributed by atoms with Crippen LogP contribution in [-0.4, -0.2) is 61.1 Å². The normalized spacial score (nSPS) is 23.4. The molecule has 0 bridgehead atoms. The van der Waals surface area contributed by atoms with Crippen molar-refractivity contribution in [1.82, 2.24) is 9.21 Å². The summed E-state index contributed by atoms with van der Waals surface area (Å²) in [6.07, 6.45) is 1.74.